The number of benzene rings is 1. The summed E-state index contributed by atoms with van der Waals surface area (Å²) in [5.74, 6) is 0.667. The highest BCUT2D eigenvalue weighted by Gasteiger charge is 2.15. The van der Waals surface area contributed by atoms with Gasteiger partial charge in [0.15, 0.2) is 0 Å². The number of hydrogen-bond acceptors (Lipinski definition) is 3. The summed E-state index contributed by atoms with van der Waals surface area (Å²) in [6, 6.07) is 7.84. The van der Waals surface area contributed by atoms with E-state index < -0.39 is 0 Å². The molecule has 4 heteroatoms. The predicted molar refractivity (Wildman–Crippen MR) is 78.2 cm³/mol. The van der Waals surface area contributed by atoms with Gasteiger partial charge in [-0.3, -0.25) is 0 Å². The molecule has 0 fully saturated rings. The fraction of sp³-hybridized carbons (Fsp3) is 0.533. The van der Waals surface area contributed by atoms with Crippen molar-refractivity contribution in [2.24, 2.45) is 11.1 Å². The lowest BCUT2D eigenvalue weighted by atomic mass is 9.90. The van der Waals surface area contributed by atoms with E-state index in [0.29, 0.717) is 17.4 Å². The summed E-state index contributed by atoms with van der Waals surface area (Å²) in [6.07, 6.45) is 1.63. The van der Waals surface area contributed by atoms with Crippen LogP contribution in [0.3, 0.4) is 0 Å². The molecule has 0 aromatic heterocycles. The van der Waals surface area contributed by atoms with Crippen LogP contribution in [0.1, 0.15) is 45.2 Å². The summed E-state index contributed by atoms with van der Waals surface area (Å²) in [6.45, 7) is 6.33. The largest absolute Gasteiger partial charge is 0.492 e. The third-order valence-corrected chi connectivity index (χ3v) is 3.28. The smallest absolute Gasteiger partial charge is 0.137 e. The number of hydrogen-bond donors (Lipinski definition) is 1. The van der Waals surface area contributed by atoms with Crippen LogP contribution in [0.4, 0.5) is 0 Å². The Morgan fingerprint density at radius 3 is 2.68 bits per heavy atom. The van der Waals surface area contributed by atoms with Gasteiger partial charge in [0.25, 0.3) is 0 Å². The van der Waals surface area contributed by atoms with E-state index in [1.807, 2.05) is 39.0 Å². The number of nitrogens with zero attached hydrogens (tertiary/aromatic N) is 1. The van der Waals surface area contributed by atoms with Gasteiger partial charge in [-0.2, -0.15) is 5.26 Å². The molecule has 1 aromatic rings. The molecule has 1 unspecified atom stereocenters. The maximum absolute atomic E-state index is 8.91. The highest BCUT2D eigenvalue weighted by molar-refractivity contribution is 6.32. The first-order valence-electron chi connectivity index (χ1n) is 6.45. The molecule has 3 nitrogen and oxygen atoms in total. The molecule has 19 heavy (non-hydrogen) atoms. The molecule has 0 heterocycles. The first-order valence-corrected chi connectivity index (χ1v) is 6.82. The van der Waals surface area contributed by atoms with Crippen molar-refractivity contribution in [2.45, 2.75) is 39.7 Å². The molecular weight excluding hydrogens is 260 g/mol. The van der Waals surface area contributed by atoms with Crippen LogP contribution in [0.2, 0.25) is 5.02 Å². The Bertz CT molecular complexity index is 464. The fourth-order valence-electron chi connectivity index (χ4n) is 1.67. The Labute approximate surface area is 120 Å². The highest BCUT2D eigenvalue weighted by Crippen LogP contribution is 2.28. The molecule has 0 aliphatic rings. The monoisotopic (exact) mass is 280 g/mol. The number of rotatable bonds is 6. The van der Waals surface area contributed by atoms with Gasteiger partial charge in [0.2, 0.25) is 0 Å². The third kappa shape index (κ3) is 5.10. The highest BCUT2D eigenvalue weighted by atomic mass is 35.5. The van der Waals surface area contributed by atoms with Crippen LogP contribution in [0.15, 0.2) is 18.2 Å². The third-order valence-electron chi connectivity index (χ3n) is 2.99. The number of nitriles is 1. The van der Waals surface area contributed by atoms with Crippen molar-refractivity contribution >= 4 is 11.6 Å². The van der Waals surface area contributed by atoms with Gasteiger partial charge >= 0.3 is 0 Å². The molecule has 0 radical (unpaired) electrons. The van der Waals surface area contributed by atoms with Gasteiger partial charge in [-0.1, -0.05) is 17.7 Å². The zero-order chi connectivity index (χ0) is 14.5. The molecule has 1 rings (SSSR count). The standard InChI is InChI=1S/C15H21ClN2O/c1-11(18)12-5-6-14(13(16)9-12)19-8-4-7-15(2,3)10-17/h5-6,9,11H,4,7-8,18H2,1-3H3. The predicted octanol–water partition coefficient (Wildman–Crippen LogP) is 4.07. The van der Waals surface area contributed by atoms with Crippen LogP contribution in [0.5, 0.6) is 5.75 Å². The number of nitrogens with two attached hydrogens (primary N) is 1. The fourth-order valence-corrected chi connectivity index (χ4v) is 1.91. The van der Waals surface area contributed by atoms with Gasteiger partial charge in [0.05, 0.1) is 23.1 Å². The van der Waals surface area contributed by atoms with Crippen molar-refractivity contribution in [3.63, 3.8) is 0 Å². The minimum atomic E-state index is -0.300. The Morgan fingerprint density at radius 2 is 2.16 bits per heavy atom. The second-order valence-corrected chi connectivity index (χ2v) is 5.83. The zero-order valence-electron chi connectivity index (χ0n) is 11.7. The normalized spacial score (nSPS) is 12.8. The Balaban J connectivity index is 2.49. The average Bonchev–Trinajstić information content (AvgIpc) is 2.36. The lowest BCUT2D eigenvalue weighted by molar-refractivity contribution is 0.284. The van der Waals surface area contributed by atoms with Crippen LogP contribution >= 0.6 is 11.6 Å². The van der Waals surface area contributed by atoms with Crippen LogP contribution in [-0.2, 0) is 0 Å². The van der Waals surface area contributed by atoms with E-state index in [-0.39, 0.29) is 11.5 Å². The first kappa shape index (κ1) is 15.8. The number of ether oxygens (including phenoxy) is 1. The van der Waals surface area contributed by atoms with Gasteiger partial charge in [-0.15, -0.1) is 0 Å². The van der Waals surface area contributed by atoms with E-state index in [2.05, 4.69) is 6.07 Å². The summed E-state index contributed by atoms with van der Waals surface area (Å²) in [5, 5.41) is 9.49. The summed E-state index contributed by atoms with van der Waals surface area (Å²) >= 11 is 6.14. The van der Waals surface area contributed by atoms with Gasteiger partial charge in [0, 0.05) is 6.04 Å². The lowest BCUT2D eigenvalue weighted by Gasteiger charge is -2.15. The maximum atomic E-state index is 8.91. The minimum absolute atomic E-state index is 0.0389. The van der Waals surface area contributed by atoms with E-state index in [1.54, 1.807) is 0 Å². The maximum Gasteiger partial charge on any atom is 0.137 e. The van der Waals surface area contributed by atoms with Crippen molar-refractivity contribution in [3.8, 4) is 11.8 Å². The second-order valence-electron chi connectivity index (χ2n) is 5.43. The molecule has 2 N–H and O–H groups in total. The molecule has 1 atom stereocenters. The Kier molecular flexibility index (Phi) is 5.65. The van der Waals surface area contributed by atoms with Gasteiger partial charge in [0.1, 0.15) is 5.75 Å². The van der Waals surface area contributed by atoms with E-state index >= 15 is 0 Å². The van der Waals surface area contributed by atoms with Crippen molar-refractivity contribution in [1.82, 2.24) is 0 Å². The average molecular weight is 281 g/mol. The molecule has 0 aliphatic carbocycles. The van der Waals surface area contributed by atoms with Gasteiger partial charge in [-0.25, -0.2) is 0 Å². The van der Waals surface area contributed by atoms with Crippen LogP contribution < -0.4 is 10.5 Å². The van der Waals surface area contributed by atoms with Crippen molar-refractivity contribution < 1.29 is 4.74 Å². The van der Waals surface area contributed by atoms with Gasteiger partial charge in [-0.05, 0) is 51.3 Å². The summed E-state index contributed by atoms with van der Waals surface area (Å²) < 4.78 is 5.63. The molecule has 104 valence electrons. The van der Waals surface area contributed by atoms with E-state index in [9.17, 15) is 0 Å². The molecule has 0 bridgehead atoms. The minimum Gasteiger partial charge on any atom is -0.492 e. The quantitative estimate of drug-likeness (QED) is 0.799. The van der Waals surface area contributed by atoms with Crippen molar-refractivity contribution in [3.05, 3.63) is 28.8 Å². The van der Waals surface area contributed by atoms with Crippen LogP contribution in [-0.4, -0.2) is 6.61 Å². The summed E-state index contributed by atoms with van der Waals surface area (Å²) in [5.41, 5.74) is 6.48. The molecule has 1 aromatic carbocycles. The summed E-state index contributed by atoms with van der Waals surface area (Å²) in [7, 11) is 0. The molecular formula is C15H21ClN2O. The molecule has 0 spiro atoms. The number of halogens is 1. The van der Waals surface area contributed by atoms with Gasteiger partial charge < -0.3 is 10.5 Å². The first-order chi connectivity index (χ1) is 8.85. The SMILES string of the molecule is CC(N)c1ccc(OCCCC(C)(C)C#N)c(Cl)c1. The molecule has 0 aliphatic heterocycles. The van der Waals surface area contributed by atoms with Crippen LogP contribution in [0, 0.1) is 16.7 Å². The molecule has 0 amide bonds. The zero-order valence-corrected chi connectivity index (χ0v) is 12.5. The van der Waals surface area contributed by atoms with E-state index in [4.69, 9.17) is 27.3 Å². The topological polar surface area (TPSA) is 59.0 Å². The summed E-state index contributed by atoms with van der Waals surface area (Å²) in [4.78, 5) is 0. The Hall–Kier alpha value is -1.24. The van der Waals surface area contributed by atoms with E-state index in [1.165, 1.54) is 0 Å². The van der Waals surface area contributed by atoms with E-state index in [0.717, 1.165) is 18.4 Å². The molecule has 0 saturated carbocycles. The van der Waals surface area contributed by atoms with Crippen molar-refractivity contribution in [1.29, 1.82) is 5.26 Å². The Morgan fingerprint density at radius 1 is 1.47 bits per heavy atom. The van der Waals surface area contributed by atoms with Crippen LogP contribution in [0.25, 0.3) is 0 Å². The lowest BCUT2D eigenvalue weighted by Crippen LogP contribution is -2.10. The van der Waals surface area contributed by atoms with Crippen molar-refractivity contribution in [2.75, 3.05) is 6.61 Å². The molecule has 0 saturated heterocycles. The second kappa shape index (κ2) is 6.79.